The van der Waals surface area contributed by atoms with Crippen molar-refractivity contribution in [3.05, 3.63) is 35.9 Å². The van der Waals surface area contributed by atoms with Gasteiger partial charge in [0, 0.05) is 45.7 Å². The molecule has 6 heteroatoms. The number of carbonyl (C=O) groups excluding carboxylic acids is 2. The molecule has 2 saturated heterocycles. The fourth-order valence-electron chi connectivity index (χ4n) is 3.74. The number of hydrogen-bond donors (Lipinski definition) is 0. The highest BCUT2D eigenvalue weighted by atomic mass is 16.5. The number of hydrogen-bond acceptors (Lipinski definition) is 4. The smallest absolute Gasteiger partial charge is 0.236 e. The van der Waals surface area contributed by atoms with Gasteiger partial charge in [0.15, 0.2) is 0 Å². The van der Waals surface area contributed by atoms with Crippen LogP contribution in [0.15, 0.2) is 30.3 Å². The van der Waals surface area contributed by atoms with E-state index in [1.54, 1.807) is 0 Å². The highest BCUT2D eigenvalue weighted by molar-refractivity contribution is 5.80. The van der Waals surface area contributed by atoms with Gasteiger partial charge in [0.25, 0.3) is 0 Å². The third-order valence-electron chi connectivity index (χ3n) is 5.60. The molecule has 0 saturated carbocycles. The zero-order valence-corrected chi connectivity index (χ0v) is 16.5. The Morgan fingerprint density at radius 1 is 0.889 bits per heavy atom. The molecule has 2 aliphatic rings. The van der Waals surface area contributed by atoms with E-state index in [0.29, 0.717) is 52.4 Å². The molecule has 0 atom stereocenters. The predicted molar refractivity (Wildman–Crippen MR) is 105 cm³/mol. The summed E-state index contributed by atoms with van der Waals surface area (Å²) in [5.41, 5.74) is 0.986. The minimum Gasteiger partial charge on any atom is -0.379 e. The SMILES string of the molecule is CC(C)(CC(=O)N1CCN(C(=O)CN2CCOCC2)CC1)c1ccccc1. The summed E-state index contributed by atoms with van der Waals surface area (Å²) in [7, 11) is 0. The summed E-state index contributed by atoms with van der Waals surface area (Å²) in [4.78, 5) is 31.2. The zero-order chi connectivity index (χ0) is 19.3. The molecule has 3 rings (SSSR count). The van der Waals surface area contributed by atoms with Crippen LogP contribution in [0.1, 0.15) is 25.8 Å². The van der Waals surface area contributed by atoms with Crippen LogP contribution in [0.2, 0.25) is 0 Å². The molecule has 148 valence electrons. The van der Waals surface area contributed by atoms with Gasteiger partial charge in [-0.1, -0.05) is 44.2 Å². The van der Waals surface area contributed by atoms with Crippen LogP contribution in [0, 0.1) is 0 Å². The average Bonchev–Trinajstić information content (AvgIpc) is 2.69. The van der Waals surface area contributed by atoms with Crippen molar-refractivity contribution in [3.8, 4) is 0 Å². The van der Waals surface area contributed by atoms with Crippen LogP contribution in [0.3, 0.4) is 0 Å². The number of morpholine rings is 1. The number of ether oxygens (including phenoxy) is 1. The first-order chi connectivity index (χ1) is 13.0. The highest BCUT2D eigenvalue weighted by Gasteiger charge is 2.30. The summed E-state index contributed by atoms with van der Waals surface area (Å²) in [6.07, 6.45) is 0.485. The van der Waals surface area contributed by atoms with Gasteiger partial charge in [0.2, 0.25) is 11.8 Å². The molecule has 0 bridgehead atoms. The third kappa shape index (κ3) is 5.30. The van der Waals surface area contributed by atoms with Gasteiger partial charge in [-0.25, -0.2) is 0 Å². The summed E-state index contributed by atoms with van der Waals surface area (Å²) in [6, 6.07) is 10.2. The third-order valence-corrected chi connectivity index (χ3v) is 5.60. The van der Waals surface area contributed by atoms with Gasteiger partial charge in [-0.3, -0.25) is 14.5 Å². The summed E-state index contributed by atoms with van der Waals surface area (Å²) in [5, 5.41) is 0. The molecule has 2 fully saturated rings. The first-order valence-electron chi connectivity index (χ1n) is 9.87. The van der Waals surface area contributed by atoms with Crippen LogP contribution in [-0.4, -0.2) is 85.5 Å². The van der Waals surface area contributed by atoms with Gasteiger partial charge < -0.3 is 14.5 Å². The summed E-state index contributed by atoms with van der Waals surface area (Å²) in [6.45, 7) is 10.2. The second-order valence-electron chi connectivity index (χ2n) is 8.08. The molecular weight excluding hydrogens is 342 g/mol. The monoisotopic (exact) mass is 373 g/mol. The van der Waals surface area contributed by atoms with Crippen molar-refractivity contribution in [2.24, 2.45) is 0 Å². The fraction of sp³-hybridized carbons (Fsp3) is 0.619. The van der Waals surface area contributed by atoms with E-state index in [-0.39, 0.29) is 17.2 Å². The minimum atomic E-state index is -0.193. The maximum atomic E-state index is 12.8. The van der Waals surface area contributed by atoms with Crippen molar-refractivity contribution in [3.63, 3.8) is 0 Å². The Morgan fingerprint density at radius 2 is 1.44 bits per heavy atom. The van der Waals surface area contributed by atoms with Crippen molar-refractivity contribution in [1.82, 2.24) is 14.7 Å². The van der Waals surface area contributed by atoms with Crippen molar-refractivity contribution < 1.29 is 14.3 Å². The van der Waals surface area contributed by atoms with E-state index in [1.807, 2.05) is 28.0 Å². The van der Waals surface area contributed by atoms with Crippen LogP contribution < -0.4 is 0 Å². The van der Waals surface area contributed by atoms with Gasteiger partial charge in [0.05, 0.1) is 19.8 Å². The lowest BCUT2D eigenvalue weighted by Crippen LogP contribution is -2.53. The Labute approximate surface area is 162 Å². The number of benzene rings is 1. The van der Waals surface area contributed by atoms with E-state index < -0.39 is 0 Å². The second kappa shape index (κ2) is 8.85. The number of rotatable bonds is 5. The molecule has 2 amide bonds. The highest BCUT2D eigenvalue weighted by Crippen LogP contribution is 2.27. The molecule has 1 aromatic rings. The van der Waals surface area contributed by atoms with Crippen LogP contribution in [0.5, 0.6) is 0 Å². The van der Waals surface area contributed by atoms with Crippen molar-refractivity contribution >= 4 is 11.8 Å². The Balaban J connectivity index is 1.47. The van der Waals surface area contributed by atoms with Crippen LogP contribution in [-0.2, 0) is 19.7 Å². The van der Waals surface area contributed by atoms with Crippen molar-refractivity contribution in [2.75, 3.05) is 59.0 Å². The summed E-state index contributed by atoms with van der Waals surface area (Å²) >= 11 is 0. The Morgan fingerprint density at radius 3 is 2.04 bits per heavy atom. The molecular formula is C21H31N3O3. The largest absolute Gasteiger partial charge is 0.379 e. The van der Waals surface area contributed by atoms with Gasteiger partial charge >= 0.3 is 0 Å². The van der Waals surface area contributed by atoms with Crippen molar-refractivity contribution in [2.45, 2.75) is 25.7 Å². The number of carbonyl (C=O) groups is 2. The van der Waals surface area contributed by atoms with Crippen LogP contribution in [0.4, 0.5) is 0 Å². The molecule has 0 spiro atoms. The Bertz CT molecular complexity index is 633. The van der Waals surface area contributed by atoms with Crippen LogP contribution >= 0.6 is 0 Å². The van der Waals surface area contributed by atoms with E-state index in [2.05, 4.69) is 30.9 Å². The number of nitrogens with zero attached hydrogens (tertiary/aromatic N) is 3. The lowest BCUT2D eigenvalue weighted by molar-refractivity contribution is -0.141. The maximum absolute atomic E-state index is 12.8. The van der Waals surface area contributed by atoms with Gasteiger partial charge in [-0.05, 0) is 11.0 Å². The second-order valence-corrected chi connectivity index (χ2v) is 8.08. The molecule has 0 aromatic heterocycles. The number of amides is 2. The van der Waals surface area contributed by atoms with Gasteiger partial charge in [-0.15, -0.1) is 0 Å². The number of piperazine rings is 1. The molecule has 0 aliphatic carbocycles. The molecule has 2 aliphatic heterocycles. The Kier molecular flexibility index (Phi) is 6.50. The molecule has 0 N–H and O–H groups in total. The average molecular weight is 373 g/mol. The maximum Gasteiger partial charge on any atom is 0.236 e. The first kappa shape index (κ1) is 19.8. The fourth-order valence-corrected chi connectivity index (χ4v) is 3.74. The Hall–Kier alpha value is -1.92. The molecule has 2 heterocycles. The quantitative estimate of drug-likeness (QED) is 0.782. The summed E-state index contributed by atoms with van der Waals surface area (Å²) < 4.78 is 5.33. The summed E-state index contributed by atoms with van der Waals surface area (Å²) in [5.74, 6) is 0.331. The lowest BCUT2D eigenvalue weighted by atomic mass is 9.81. The first-order valence-corrected chi connectivity index (χ1v) is 9.87. The van der Waals surface area contributed by atoms with Crippen molar-refractivity contribution in [1.29, 1.82) is 0 Å². The molecule has 0 radical (unpaired) electrons. The standard InChI is InChI=1S/C21H31N3O3/c1-21(2,18-6-4-3-5-7-18)16-19(25)23-8-10-24(11-9-23)20(26)17-22-12-14-27-15-13-22/h3-7H,8-17H2,1-2H3. The van der Waals surface area contributed by atoms with E-state index in [1.165, 1.54) is 5.56 Å². The normalized spacial score (nSPS) is 19.2. The van der Waals surface area contributed by atoms with Gasteiger partial charge in [0.1, 0.15) is 0 Å². The topological polar surface area (TPSA) is 53.1 Å². The predicted octanol–water partition coefficient (Wildman–Crippen LogP) is 1.36. The molecule has 1 aromatic carbocycles. The molecule has 6 nitrogen and oxygen atoms in total. The minimum absolute atomic E-state index is 0.161. The van der Waals surface area contributed by atoms with Crippen LogP contribution in [0.25, 0.3) is 0 Å². The molecule has 0 unspecified atom stereocenters. The van der Waals surface area contributed by atoms with E-state index in [0.717, 1.165) is 13.1 Å². The van der Waals surface area contributed by atoms with E-state index >= 15 is 0 Å². The van der Waals surface area contributed by atoms with E-state index in [4.69, 9.17) is 4.74 Å². The zero-order valence-electron chi connectivity index (χ0n) is 16.5. The lowest BCUT2D eigenvalue weighted by Gasteiger charge is -2.37. The van der Waals surface area contributed by atoms with Gasteiger partial charge in [-0.2, -0.15) is 0 Å². The van der Waals surface area contributed by atoms with E-state index in [9.17, 15) is 9.59 Å². The molecule has 27 heavy (non-hydrogen) atoms.